The number of aromatic nitrogens is 3. The van der Waals surface area contributed by atoms with Gasteiger partial charge in [-0.1, -0.05) is 48.5 Å². The van der Waals surface area contributed by atoms with Crippen molar-refractivity contribution in [3.05, 3.63) is 89.3 Å². The van der Waals surface area contributed by atoms with Crippen LogP contribution in [0.2, 0.25) is 0 Å². The highest BCUT2D eigenvalue weighted by atomic mass is 16.1. The lowest BCUT2D eigenvalue weighted by Crippen LogP contribution is -2.09. The van der Waals surface area contributed by atoms with E-state index in [1.807, 2.05) is 65.2 Å². The summed E-state index contributed by atoms with van der Waals surface area (Å²) in [5, 5.41) is 3.91. The molecule has 130 valence electrons. The fourth-order valence-corrected chi connectivity index (χ4v) is 4.76. The van der Waals surface area contributed by atoms with Crippen LogP contribution in [0, 0.1) is 0 Å². The summed E-state index contributed by atoms with van der Waals surface area (Å²) in [5.41, 5.74) is 5.69. The third kappa shape index (κ3) is 1.46. The molecule has 4 heteroatoms. The molecule has 0 aliphatic rings. The fraction of sp³-hybridized carbons (Fsp3) is 0. The van der Waals surface area contributed by atoms with Crippen molar-refractivity contribution in [2.24, 2.45) is 0 Å². The molecular formula is C24H13N3O. The van der Waals surface area contributed by atoms with Crippen LogP contribution in [0.5, 0.6) is 0 Å². The second-order valence-electron chi connectivity index (χ2n) is 7.25. The van der Waals surface area contributed by atoms with Crippen molar-refractivity contribution in [1.82, 2.24) is 13.8 Å². The highest BCUT2D eigenvalue weighted by molar-refractivity contribution is 6.22. The van der Waals surface area contributed by atoms with E-state index in [2.05, 4.69) is 22.6 Å². The van der Waals surface area contributed by atoms with Crippen LogP contribution in [-0.4, -0.2) is 13.8 Å². The Kier molecular flexibility index (Phi) is 2.37. The molecule has 4 aromatic heterocycles. The number of fused-ring (bicyclic) bond motifs is 8. The Bertz CT molecular complexity index is 1790. The average molecular weight is 359 g/mol. The van der Waals surface area contributed by atoms with E-state index in [1.165, 1.54) is 0 Å². The zero-order valence-electron chi connectivity index (χ0n) is 14.8. The van der Waals surface area contributed by atoms with Crippen LogP contribution in [0.15, 0.2) is 83.8 Å². The summed E-state index contributed by atoms with van der Waals surface area (Å²) in [6.07, 6.45) is 1.95. The number of benzene rings is 3. The second kappa shape index (κ2) is 4.67. The highest BCUT2D eigenvalue weighted by Crippen LogP contribution is 2.37. The maximum Gasteiger partial charge on any atom is 0.265 e. The zero-order valence-corrected chi connectivity index (χ0v) is 14.8. The topological polar surface area (TPSA) is 38.8 Å². The van der Waals surface area contributed by atoms with Gasteiger partial charge in [-0.3, -0.25) is 14.2 Å². The summed E-state index contributed by atoms with van der Waals surface area (Å²) in [5.74, 6) is 0. The minimum Gasteiger partial charge on any atom is -0.306 e. The number of para-hydroxylation sites is 3. The largest absolute Gasteiger partial charge is 0.306 e. The van der Waals surface area contributed by atoms with Crippen LogP contribution in [0.1, 0.15) is 0 Å². The smallest absolute Gasteiger partial charge is 0.265 e. The molecular weight excluding hydrogens is 346 g/mol. The van der Waals surface area contributed by atoms with Crippen molar-refractivity contribution in [3.8, 4) is 0 Å². The lowest BCUT2D eigenvalue weighted by atomic mass is 10.2. The van der Waals surface area contributed by atoms with Crippen LogP contribution in [-0.2, 0) is 0 Å². The Morgan fingerprint density at radius 2 is 1.14 bits per heavy atom. The predicted molar refractivity (Wildman–Crippen MR) is 114 cm³/mol. The molecule has 0 unspecified atom stereocenters. The monoisotopic (exact) mass is 359 g/mol. The van der Waals surface area contributed by atoms with E-state index in [4.69, 9.17) is 4.98 Å². The molecule has 0 fully saturated rings. The lowest BCUT2D eigenvalue weighted by Gasteiger charge is -1.99. The first-order chi connectivity index (χ1) is 13.8. The quantitative estimate of drug-likeness (QED) is 0.382. The molecule has 0 saturated heterocycles. The van der Waals surface area contributed by atoms with Crippen molar-refractivity contribution >= 4 is 54.6 Å². The van der Waals surface area contributed by atoms with Gasteiger partial charge >= 0.3 is 0 Å². The molecule has 0 radical (unpaired) electrons. The van der Waals surface area contributed by atoms with Crippen LogP contribution in [0.3, 0.4) is 0 Å². The summed E-state index contributed by atoms with van der Waals surface area (Å²) in [4.78, 5) is 18.5. The van der Waals surface area contributed by atoms with E-state index in [0.717, 1.165) is 49.3 Å². The van der Waals surface area contributed by atoms with Gasteiger partial charge in [0.15, 0.2) is 0 Å². The van der Waals surface area contributed by atoms with Gasteiger partial charge in [0.2, 0.25) is 0 Å². The Morgan fingerprint density at radius 1 is 0.571 bits per heavy atom. The number of hydrogen-bond donors (Lipinski definition) is 0. The van der Waals surface area contributed by atoms with E-state index >= 15 is 0 Å². The van der Waals surface area contributed by atoms with Crippen molar-refractivity contribution in [2.75, 3.05) is 0 Å². The highest BCUT2D eigenvalue weighted by Gasteiger charge is 2.21. The Labute approximate surface area is 158 Å². The third-order valence-electron chi connectivity index (χ3n) is 5.89. The average Bonchev–Trinajstić information content (AvgIpc) is 3.22. The van der Waals surface area contributed by atoms with Crippen molar-refractivity contribution in [3.63, 3.8) is 0 Å². The van der Waals surface area contributed by atoms with Gasteiger partial charge in [-0.2, -0.15) is 0 Å². The van der Waals surface area contributed by atoms with E-state index in [9.17, 15) is 4.79 Å². The normalized spacial score (nSPS) is 12.4. The van der Waals surface area contributed by atoms with Crippen molar-refractivity contribution < 1.29 is 0 Å². The minimum atomic E-state index is -0.0103. The summed E-state index contributed by atoms with van der Waals surface area (Å²) in [6.45, 7) is 0. The van der Waals surface area contributed by atoms with Gasteiger partial charge in [-0.25, -0.2) is 0 Å². The Morgan fingerprint density at radius 3 is 1.89 bits per heavy atom. The summed E-state index contributed by atoms with van der Waals surface area (Å²) in [7, 11) is 0. The van der Waals surface area contributed by atoms with Crippen LogP contribution >= 0.6 is 0 Å². The molecule has 0 aliphatic carbocycles. The molecule has 0 atom stereocenters. The molecule has 4 nitrogen and oxygen atoms in total. The Hall–Kier alpha value is -3.92. The standard InChI is InChI=1S/C24H13N3O/c28-24-16-9-3-6-12-20(16)26-18-10-4-1-7-14(18)17-13-25-21-15-8-2-5-11-19(15)27(24)23(21)22(17)26/h1-13H. The minimum absolute atomic E-state index is 0.0103. The SMILES string of the molecule is O=c1c2ccccc2n2c3ccccc3c3cnc4c5ccccc5n1c4c32. The molecule has 0 N–H and O–H groups in total. The molecule has 3 aromatic carbocycles. The molecule has 4 heterocycles. The predicted octanol–water partition coefficient (Wildman–Crippen LogP) is 5.00. The molecule has 28 heavy (non-hydrogen) atoms. The van der Waals surface area contributed by atoms with Gasteiger partial charge in [-0.15, -0.1) is 0 Å². The third-order valence-corrected chi connectivity index (χ3v) is 5.89. The van der Waals surface area contributed by atoms with Gasteiger partial charge < -0.3 is 4.40 Å². The van der Waals surface area contributed by atoms with Gasteiger partial charge in [0.1, 0.15) is 5.52 Å². The number of pyridine rings is 1. The van der Waals surface area contributed by atoms with Gasteiger partial charge in [0.05, 0.1) is 33.0 Å². The van der Waals surface area contributed by atoms with E-state index < -0.39 is 0 Å². The zero-order chi connectivity index (χ0) is 18.4. The summed E-state index contributed by atoms with van der Waals surface area (Å²) < 4.78 is 4.07. The van der Waals surface area contributed by atoms with Gasteiger partial charge in [0.25, 0.3) is 5.56 Å². The van der Waals surface area contributed by atoms with Crippen LogP contribution in [0.25, 0.3) is 54.6 Å². The summed E-state index contributed by atoms with van der Waals surface area (Å²) in [6, 6.07) is 24.2. The first kappa shape index (κ1) is 14.2. The van der Waals surface area contributed by atoms with E-state index in [0.29, 0.717) is 5.39 Å². The van der Waals surface area contributed by atoms with Crippen LogP contribution < -0.4 is 5.56 Å². The van der Waals surface area contributed by atoms with Gasteiger partial charge in [-0.05, 0) is 24.3 Å². The van der Waals surface area contributed by atoms with Crippen molar-refractivity contribution in [2.45, 2.75) is 0 Å². The number of nitrogens with zero attached hydrogens (tertiary/aromatic N) is 3. The molecule has 0 amide bonds. The fourth-order valence-electron chi connectivity index (χ4n) is 4.76. The number of rotatable bonds is 0. The second-order valence-corrected chi connectivity index (χ2v) is 7.25. The molecule has 7 rings (SSSR count). The van der Waals surface area contributed by atoms with Crippen LogP contribution in [0.4, 0.5) is 0 Å². The van der Waals surface area contributed by atoms with E-state index in [1.54, 1.807) is 0 Å². The van der Waals surface area contributed by atoms with E-state index in [-0.39, 0.29) is 5.56 Å². The first-order valence-corrected chi connectivity index (χ1v) is 9.30. The molecule has 7 aromatic rings. The maximum atomic E-state index is 13.7. The molecule has 0 bridgehead atoms. The first-order valence-electron chi connectivity index (χ1n) is 9.30. The summed E-state index contributed by atoms with van der Waals surface area (Å²) >= 11 is 0. The van der Waals surface area contributed by atoms with Crippen molar-refractivity contribution in [1.29, 1.82) is 0 Å². The Balaban J connectivity index is 2.06. The maximum absolute atomic E-state index is 13.7. The van der Waals surface area contributed by atoms with Gasteiger partial charge in [0, 0.05) is 22.4 Å². The molecule has 0 spiro atoms. The number of hydrogen-bond acceptors (Lipinski definition) is 2. The molecule has 0 aliphatic heterocycles. The lowest BCUT2D eigenvalue weighted by molar-refractivity contribution is 1.21. The molecule has 0 saturated carbocycles.